The van der Waals surface area contributed by atoms with Gasteiger partial charge in [0.2, 0.25) is 11.8 Å². The number of hydrogen-bond donors (Lipinski definition) is 3. The fraction of sp³-hybridized carbons (Fsp3) is 0.533. The summed E-state index contributed by atoms with van der Waals surface area (Å²) in [5.41, 5.74) is 6.66. The number of rotatable bonds is 5. The van der Waals surface area contributed by atoms with Crippen LogP contribution in [-0.2, 0) is 22.6 Å². The van der Waals surface area contributed by atoms with Gasteiger partial charge in [0.1, 0.15) is 17.5 Å². The second kappa shape index (κ2) is 6.32. The van der Waals surface area contributed by atoms with Crippen molar-refractivity contribution in [1.29, 1.82) is 0 Å². The number of H-pyrrole nitrogens is 1. The molecule has 0 spiro atoms. The Labute approximate surface area is 158 Å². The van der Waals surface area contributed by atoms with Gasteiger partial charge in [0.25, 0.3) is 0 Å². The fourth-order valence-electron chi connectivity index (χ4n) is 3.52. The number of carbonyl (C=O) groups is 2. The van der Waals surface area contributed by atoms with Crippen LogP contribution in [0.15, 0.2) is 11.4 Å². The van der Waals surface area contributed by atoms with Crippen LogP contribution in [0.4, 0.5) is 0 Å². The summed E-state index contributed by atoms with van der Waals surface area (Å²) in [6.07, 6.45) is 0.239. The van der Waals surface area contributed by atoms with E-state index in [1.54, 1.807) is 16.7 Å². The predicted molar refractivity (Wildman–Crippen MR) is 97.1 cm³/mol. The van der Waals surface area contributed by atoms with Gasteiger partial charge in [-0.1, -0.05) is 5.21 Å². The first-order chi connectivity index (χ1) is 12.4. The number of thiophene rings is 1. The number of amides is 2. The van der Waals surface area contributed by atoms with Crippen molar-refractivity contribution in [3.63, 3.8) is 0 Å². The smallest absolute Gasteiger partial charge is 0.249 e. The van der Waals surface area contributed by atoms with E-state index in [1.165, 1.54) is 11.3 Å². The molecule has 2 saturated heterocycles. The first-order valence-corrected chi connectivity index (χ1v) is 9.96. The maximum atomic E-state index is 12.7. The monoisotopic (exact) mass is 393 g/mol. The SMILES string of the molecule is CC1(C)S[C@H]2C(NC(=O)Cc3sccc3CN)C(=O)N2C1c1nn[nH]n1. The quantitative estimate of drug-likeness (QED) is 0.618. The number of nitrogens with two attached hydrogens (primary N) is 1. The Bertz CT molecular complexity index is 835. The molecule has 11 heteroatoms. The highest BCUT2D eigenvalue weighted by Crippen LogP contribution is 2.56. The fourth-order valence-corrected chi connectivity index (χ4v) is 6.07. The maximum Gasteiger partial charge on any atom is 0.249 e. The van der Waals surface area contributed by atoms with Gasteiger partial charge in [-0.25, -0.2) is 0 Å². The Morgan fingerprint density at radius 3 is 3.00 bits per heavy atom. The van der Waals surface area contributed by atoms with Crippen LogP contribution >= 0.6 is 23.1 Å². The molecule has 2 aromatic rings. The van der Waals surface area contributed by atoms with Gasteiger partial charge in [0, 0.05) is 16.2 Å². The summed E-state index contributed by atoms with van der Waals surface area (Å²) in [5, 5.41) is 18.8. The molecule has 4 N–H and O–H groups in total. The standard InChI is InChI=1S/C15H19N7O2S2/c1-15(2)11(12-18-20-21-19-12)22-13(24)10(14(22)26-15)17-9(23)5-8-7(6-16)3-4-25-8/h3-4,10-11,14H,5-6,16H2,1-2H3,(H,17,23)(H,18,19,20,21)/t10?,11?,14-/m0/s1. The molecule has 0 radical (unpaired) electrons. The highest BCUT2D eigenvalue weighted by atomic mass is 32.2. The Hall–Kier alpha value is -1.98. The minimum absolute atomic E-state index is 0.110. The summed E-state index contributed by atoms with van der Waals surface area (Å²) in [4.78, 5) is 27.8. The number of thioether (sulfide) groups is 1. The average Bonchev–Trinajstić information content (AvgIpc) is 3.30. The van der Waals surface area contributed by atoms with E-state index in [0.717, 1.165) is 10.4 Å². The molecule has 2 aliphatic rings. The Balaban J connectivity index is 1.46. The van der Waals surface area contributed by atoms with E-state index >= 15 is 0 Å². The zero-order valence-electron chi connectivity index (χ0n) is 14.3. The van der Waals surface area contributed by atoms with Crippen LogP contribution in [0.3, 0.4) is 0 Å². The third-order valence-corrected chi connectivity index (χ3v) is 7.28. The third kappa shape index (κ3) is 2.70. The van der Waals surface area contributed by atoms with E-state index in [0.29, 0.717) is 12.4 Å². The van der Waals surface area contributed by atoms with Crippen molar-refractivity contribution >= 4 is 34.9 Å². The van der Waals surface area contributed by atoms with Crippen molar-refractivity contribution in [2.24, 2.45) is 5.73 Å². The summed E-state index contributed by atoms with van der Waals surface area (Å²) in [6, 6.07) is 1.14. The largest absolute Gasteiger partial charge is 0.341 e. The van der Waals surface area contributed by atoms with Crippen LogP contribution in [0.25, 0.3) is 0 Å². The highest BCUT2D eigenvalue weighted by molar-refractivity contribution is 8.01. The van der Waals surface area contributed by atoms with E-state index in [9.17, 15) is 9.59 Å². The first kappa shape index (κ1) is 17.4. The molecule has 2 unspecified atom stereocenters. The van der Waals surface area contributed by atoms with Crippen molar-refractivity contribution in [1.82, 2.24) is 30.8 Å². The lowest BCUT2D eigenvalue weighted by Gasteiger charge is -2.44. The Morgan fingerprint density at radius 2 is 2.31 bits per heavy atom. The third-order valence-electron chi connectivity index (χ3n) is 4.74. The second-order valence-electron chi connectivity index (χ2n) is 6.83. The summed E-state index contributed by atoms with van der Waals surface area (Å²) in [5.74, 6) is 0.220. The number of tetrazole rings is 1. The van der Waals surface area contributed by atoms with Gasteiger partial charge in [-0.2, -0.15) is 5.21 Å². The summed E-state index contributed by atoms with van der Waals surface area (Å²) in [6.45, 7) is 4.49. The predicted octanol–water partition coefficient (Wildman–Crippen LogP) is 0.182. The van der Waals surface area contributed by atoms with E-state index in [4.69, 9.17) is 5.73 Å². The summed E-state index contributed by atoms with van der Waals surface area (Å²) >= 11 is 3.15. The van der Waals surface area contributed by atoms with Crippen molar-refractivity contribution in [2.75, 3.05) is 0 Å². The molecular formula is C15H19N7O2S2. The van der Waals surface area contributed by atoms with Crippen LogP contribution in [0.5, 0.6) is 0 Å². The van der Waals surface area contributed by atoms with Gasteiger partial charge in [-0.05, 0) is 30.9 Å². The van der Waals surface area contributed by atoms with Crippen molar-refractivity contribution in [3.8, 4) is 0 Å². The van der Waals surface area contributed by atoms with Crippen molar-refractivity contribution < 1.29 is 9.59 Å². The zero-order valence-corrected chi connectivity index (χ0v) is 15.9. The first-order valence-electron chi connectivity index (χ1n) is 8.20. The normalized spacial score (nSPS) is 26.5. The molecule has 0 saturated carbocycles. The van der Waals surface area contributed by atoms with Gasteiger partial charge in [0.15, 0.2) is 5.82 Å². The zero-order chi connectivity index (χ0) is 18.5. The number of β-lactam (4-membered cyclic amide) rings is 1. The number of nitrogens with zero attached hydrogens (tertiary/aromatic N) is 4. The van der Waals surface area contributed by atoms with Crippen molar-refractivity contribution in [3.05, 3.63) is 27.7 Å². The lowest BCUT2D eigenvalue weighted by molar-refractivity contribution is -0.151. The second-order valence-corrected chi connectivity index (χ2v) is 9.60. The molecule has 26 heavy (non-hydrogen) atoms. The molecule has 4 rings (SSSR count). The summed E-state index contributed by atoms with van der Waals surface area (Å²) < 4.78 is -0.274. The van der Waals surface area contributed by atoms with Gasteiger partial charge in [-0.15, -0.1) is 33.3 Å². The Kier molecular flexibility index (Phi) is 4.24. The molecule has 0 bridgehead atoms. The molecule has 2 amide bonds. The van der Waals surface area contributed by atoms with Crippen LogP contribution in [0.1, 0.15) is 36.2 Å². The Morgan fingerprint density at radius 1 is 1.50 bits per heavy atom. The molecule has 2 aliphatic heterocycles. The van der Waals surface area contributed by atoms with Crippen LogP contribution in [0, 0.1) is 0 Å². The molecule has 0 aliphatic carbocycles. The minimum atomic E-state index is -0.523. The van der Waals surface area contributed by atoms with E-state index < -0.39 is 6.04 Å². The molecule has 2 aromatic heterocycles. The number of fused-ring (bicyclic) bond motifs is 1. The molecule has 2 fully saturated rings. The van der Waals surface area contributed by atoms with E-state index in [1.807, 2.05) is 25.3 Å². The van der Waals surface area contributed by atoms with Gasteiger partial charge in [-0.3, -0.25) is 9.59 Å². The van der Waals surface area contributed by atoms with Crippen LogP contribution in [-0.4, -0.2) is 53.5 Å². The van der Waals surface area contributed by atoms with E-state index in [-0.39, 0.29) is 34.4 Å². The molecule has 9 nitrogen and oxygen atoms in total. The van der Waals surface area contributed by atoms with Gasteiger partial charge in [0.05, 0.1) is 6.42 Å². The van der Waals surface area contributed by atoms with Crippen molar-refractivity contribution in [2.45, 2.75) is 49.0 Å². The van der Waals surface area contributed by atoms with Crippen LogP contribution < -0.4 is 11.1 Å². The lowest BCUT2D eigenvalue weighted by Crippen LogP contribution is -2.68. The van der Waals surface area contributed by atoms with Crippen LogP contribution in [0.2, 0.25) is 0 Å². The van der Waals surface area contributed by atoms with Gasteiger partial charge >= 0.3 is 0 Å². The molecule has 138 valence electrons. The van der Waals surface area contributed by atoms with E-state index in [2.05, 4.69) is 25.9 Å². The number of hydrogen-bond acceptors (Lipinski definition) is 8. The average molecular weight is 393 g/mol. The molecular weight excluding hydrogens is 374 g/mol. The molecule has 3 atom stereocenters. The maximum absolute atomic E-state index is 12.7. The minimum Gasteiger partial charge on any atom is -0.341 e. The number of carbonyl (C=O) groups excluding carboxylic acids is 2. The lowest BCUT2D eigenvalue weighted by atomic mass is 9.95. The molecule has 4 heterocycles. The number of aromatic nitrogens is 4. The number of nitrogens with one attached hydrogen (secondary N) is 2. The highest BCUT2D eigenvalue weighted by Gasteiger charge is 2.63. The number of aromatic amines is 1. The topological polar surface area (TPSA) is 130 Å². The van der Waals surface area contributed by atoms with Gasteiger partial charge < -0.3 is 16.0 Å². The molecule has 0 aromatic carbocycles. The summed E-state index contributed by atoms with van der Waals surface area (Å²) in [7, 11) is 0.